The lowest BCUT2D eigenvalue weighted by Crippen LogP contribution is -2.58. The minimum Gasteiger partial charge on any atom is -0.369 e. The van der Waals surface area contributed by atoms with Crippen LogP contribution in [0.15, 0.2) is 18.7 Å². The summed E-state index contributed by atoms with van der Waals surface area (Å²) < 4.78 is 6.34. The molecule has 114 valence electrons. The van der Waals surface area contributed by atoms with Crippen molar-refractivity contribution in [2.45, 2.75) is 51.2 Å². The SMILES string of the molecule is CC1(C)CC[C@H]2CN(C(=O)c3cncnc3)CC[C@@]2(C)O1. The summed E-state index contributed by atoms with van der Waals surface area (Å²) in [7, 11) is 0. The van der Waals surface area contributed by atoms with E-state index in [1.54, 1.807) is 12.4 Å². The topological polar surface area (TPSA) is 55.3 Å². The van der Waals surface area contributed by atoms with Gasteiger partial charge in [-0.15, -0.1) is 0 Å². The average molecular weight is 289 g/mol. The smallest absolute Gasteiger partial charge is 0.257 e. The number of fused-ring (bicyclic) bond motifs is 1. The van der Waals surface area contributed by atoms with Gasteiger partial charge in [-0.1, -0.05) is 0 Å². The Balaban J connectivity index is 1.72. The molecule has 3 heterocycles. The van der Waals surface area contributed by atoms with E-state index in [0.29, 0.717) is 11.5 Å². The highest BCUT2D eigenvalue weighted by molar-refractivity contribution is 5.93. The number of amides is 1. The number of carbonyl (C=O) groups excluding carboxylic acids is 1. The first-order chi connectivity index (χ1) is 9.90. The second kappa shape index (κ2) is 5.05. The fourth-order valence-electron chi connectivity index (χ4n) is 3.62. The van der Waals surface area contributed by atoms with Gasteiger partial charge in [0.2, 0.25) is 0 Å². The Hall–Kier alpha value is -1.49. The van der Waals surface area contributed by atoms with Crippen molar-refractivity contribution in [1.29, 1.82) is 0 Å². The zero-order valence-corrected chi connectivity index (χ0v) is 13.0. The summed E-state index contributed by atoms with van der Waals surface area (Å²) in [6.07, 6.45) is 7.66. The molecule has 3 rings (SSSR count). The summed E-state index contributed by atoms with van der Waals surface area (Å²) in [6.45, 7) is 8.02. The Kier molecular flexibility index (Phi) is 3.48. The molecule has 2 aliphatic rings. The first-order valence-corrected chi connectivity index (χ1v) is 7.64. The lowest BCUT2D eigenvalue weighted by atomic mass is 9.74. The van der Waals surface area contributed by atoms with Crippen LogP contribution in [0, 0.1) is 5.92 Å². The van der Waals surface area contributed by atoms with E-state index in [4.69, 9.17) is 4.74 Å². The summed E-state index contributed by atoms with van der Waals surface area (Å²) >= 11 is 0. The number of hydrogen-bond donors (Lipinski definition) is 0. The van der Waals surface area contributed by atoms with Crippen molar-refractivity contribution < 1.29 is 9.53 Å². The molecule has 0 N–H and O–H groups in total. The van der Waals surface area contributed by atoms with Gasteiger partial charge in [0, 0.05) is 31.4 Å². The van der Waals surface area contributed by atoms with Gasteiger partial charge in [0.05, 0.1) is 16.8 Å². The van der Waals surface area contributed by atoms with Crippen molar-refractivity contribution in [1.82, 2.24) is 14.9 Å². The molecule has 0 unspecified atom stereocenters. The van der Waals surface area contributed by atoms with Gasteiger partial charge in [-0.3, -0.25) is 4.79 Å². The van der Waals surface area contributed by atoms with E-state index in [2.05, 4.69) is 30.7 Å². The molecule has 1 aromatic rings. The van der Waals surface area contributed by atoms with Crippen LogP contribution < -0.4 is 0 Å². The van der Waals surface area contributed by atoms with Crippen molar-refractivity contribution in [3.8, 4) is 0 Å². The molecule has 1 aromatic heterocycles. The van der Waals surface area contributed by atoms with Crippen LogP contribution in [-0.2, 0) is 4.74 Å². The van der Waals surface area contributed by atoms with Gasteiger partial charge in [0.1, 0.15) is 6.33 Å². The fourth-order valence-corrected chi connectivity index (χ4v) is 3.62. The molecule has 2 fully saturated rings. The first kappa shape index (κ1) is 14.4. The van der Waals surface area contributed by atoms with Gasteiger partial charge in [-0.2, -0.15) is 0 Å². The van der Waals surface area contributed by atoms with Crippen LogP contribution in [0.5, 0.6) is 0 Å². The zero-order valence-electron chi connectivity index (χ0n) is 13.0. The molecule has 0 saturated carbocycles. The summed E-state index contributed by atoms with van der Waals surface area (Å²) in [5.41, 5.74) is 0.411. The second-order valence-electron chi connectivity index (χ2n) is 7.04. The van der Waals surface area contributed by atoms with Crippen LogP contribution in [0.1, 0.15) is 50.4 Å². The first-order valence-electron chi connectivity index (χ1n) is 7.64. The lowest BCUT2D eigenvalue weighted by Gasteiger charge is -2.53. The minimum absolute atomic E-state index is 0.0301. The maximum atomic E-state index is 12.5. The molecule has 0 spiro atoms. The van der Waals surface area contributed by atoms with Crippen LogP contribution in [-0.4, -0.2) is 45.1 Å². The van der Waals surface area contributed by atoms with Crippen molar-refractivity contribution >= 4 is 5.91 Å². The van der Waals surface area contributed by atoms with Gasteiger partial charge in [0.15, 0.2) is 0 Å². The van der Waals surface area contributed by atoms with Crippen LogP contribution in [0.2, 0.25) is 0 Å². The van der Waals surface area contributed by atoms with Crippen LogP contribution >= 0.6 is 0 Å². The standard InChI is InChI=1S/C16H23N3O2/c1-15(2)5-4-13-10-19(7-6-16(13,3)21-15)14(20)12-8-17-11-18-9-12/h8-9,11,13H,4-7,10H2,1-3H3/t13-,16+/m0/s1. The summed E-state index contributed by atoms with van der Waals surface area (Å²) in [6, 6.07) is 0. The van der Waals surface area contributed by atoms with Crippen LogP contribution in [0.4, 0.5) is 0 Å². The number of nitrogens with zero attached hydrogens (tertiary/aromatic N) is 3. The van der Waals surface area contributed by atoms with E-state index in [1.807, 2.05) is 4.90 Å². The molecule has 2 atom stereocenters. The van der Waals surface area contributed by atoms with E-state index in [9.17, 15) is 4.79 Å². The number of piperidine rings is 1. The molecule has 0 bridgehead atoms. The molecule has 0 radical (unpaired) electrons. The second-order valence-corrected chi connectivity index (χ2v) is 7.04. The predicted octanol–water partition coefficient (Wildman–Crippen LogP) is 2.29. The van der Waals surface area contributed by atoms with E-state index >= 15 is 0 Å². The van der Waals surface area contributed by atoms with Gasteiger partial charge in [-0.25, -0.2) is 9.97 Å². The van der Waals surface area contributed by atoms with Crippen molar-refractivity contribution in [2.75, 3.05) is 13.1 Å². The van der Waals surface area contributed by atoms with E-state index in [1.165, 1.54) is 6.33 Å². The average Bonchev–Trinajstić information content (AvgIpc) is 2.45. The molecule has 2 saturated heterocycles. The number of hydrogen-bond acceptors (Lipinski definition) is 4. The molecule has 1 amide bonds. The summed E-state index contributed by atoms with van der Waals surface area (Å²) in [4.78, 5) is 22.3. The Bertz CT molecular complexity index is 532. The van der Waals surface area contributed by atoms with Crippen LogP contribution in [0.25, 0.3) is 0 Å². The molecule has 5 heteroatoms. The number of aromatic nitrogens is 2. The molecule has 5 nitrogen and oxygen atoms in total. The largest absolute Gasteiger partial charge is 0.369 e. The highest BCUT2D eigenvalue weighted by Gasteiger charge is 2.47. The highest BCUT2D eigenvalue weighted by Crippen LogP contribution is 2.44. The van der Waals surface area contributed by atoms with Crippen molar-refractivity contribution in [2.24, 2.45) is 5.92 Å². The Labute approximate surface area is 125 Å². The zero-order chi connectivity index (χ0) is 15.1. The minimum atomic E-state index is -0.105. The van der Waals surface area contributed by atoms with Gasteiger partial charge in [0.25, 0.3) is 5.91 Å². The van der Waals surface area contributed by atoms with E-state index in [-0.39, 0.29) is 17.1 Å². The fraction of sp³-hybridized carbons (Fsp3) is 0.688. The number of ether oxygens (including phenoxy) is 1. The van der Waals surface area contributed by atoms with Crippen LogP contribution in [0.3, 0.4) is 0 Å². The third kappa shape index (κ3) is 2.79. The van der Waals surface area contributed by atoms with Crippen molar-refractivity contribution in [3.05, 3.63) is 24.3 Å². The normalized spacial score (nSPS) is 31.6. The molecule has 0 aromatic carbocycles. The van der Waals surface area contributed by atoms with Gasteiger partial charge >= 0.3 is 0 Å². The third-order valence-electron chi connectivity index (χ3n) is 4.88. The maximum Gasteiger partial charge on any atom is 0.257 e. The summed E-state index contributed by atoms with van der Waals surface area (Å²) in [5.74, 6) is 0.440. The Morgan fingerprint density at radius 1 is 1.29 bits per heavy atom. The molecule has 2 aliphatic heterocycles. The summed E-state index contributed by atoms with van der Waals surface area (Å²) in [5, 5.41) is 0. The number of likely N-dealkylation sites (tertiary alicyclic amines) is 1. The molecule has 0 aliphatic carbocycles. The highest BCUT2D eigenvalue weighted by atomic mass is 16.5. The Morgan fingerprint density at radius 3 is 2.71 bits per heavy atom. The number of carbonyl (C=O) groups is 1. The monoisotopic (exact) mass is 289 g/mol. The molecular formula is C16H23N3O2. The molecular weight excluding hydrogens is 266 g/mol. The van der Waals surface area contributed by atoms with Crippen molar-refractivity contribution in [3.63, 3.8) is 0 Å². The van der Waals surface area contributed by atoms with Gasteiger partial charge in [-0.05, 0) is 40.0 Å². The Morgan fingerprint density at radius 2 is 2.00 bits per heavy atom. The third-order valence-corrected chi connectivity index (χ3v) is 4.88. The van der Waals surface area contributed by atoms with E-state index in [0.717, 1.165) is 32.4 Å². The predicted molar refractivity (Wildman–Crippen MR) is 78.8 cm³/mol. The van der Waals surface area contributed by atoms with Gasteiger partial charge < -0.3 is 9.64 Å². The lowest BCUT2D eigenvalue weighted by molar-refractivity contribution is -0.210. The quantitative estimate of drug-likeness (QED) is 0.796. The molecule has 21 heavy (non-hydrogen) atoms. The van der Waals surface area contributed by atoms with E-state index < -0.39 is 0 Å². The maximum absolute atomic E-state index is 12.5. The number of rotatable bonds is 1.